The molecule has 0 atom stereocenters. The van der Waals surface area contributed by atoms with Crippen LogP contribution in [0, 0.1) is 10.1 Å². The molecule has 6 heteroatoms. The van der Waals surface area contributed by atoms with E-state index >= 15 is 0 Å². The van der Waals surface area contributed by atoms with Crippen molar-refractivity contribution in [3.63, 3.8) is 0 Å². The second-order valence-electron chi connectivity index (χ2n) is 4.06. The number of rotatable bonds is 10. The van der Waals surface area contributed by atoms with Crippen LogP contribution < -0.4 is 5.32 Å². The number of non-ortho nitro benzene ring substituents is 1. The van der Waals surface area contributed by atoms with Gasteiger partial charge >= 0.3 is 0 Å². The van der Waals surface area contributed by atoms with Crippen molar-refractivity contribution in [2.75, 3.05) is 33.5 Å². The lowest BCUT2D eigenvalue weighted by molar-refractivity contribution is -0.384. The van der Waals surface area contributed by atoms with E-state index in [2.05, 4.69) is 5.32 Å². The highest BCUT2D eigenvalue weighted by Gasteiger charge is 2.04. The number of methoxy groups -OCH3 is 1. The molecule has 0 unspecified atom stereocenters. The zero-order chi connectivity index (χ0) is 13.9. The van der Waals surface area contributed by atoms with Gasteiger partial charge in [-0.3, -0.25) is 10.1 Å². The second kappa shape index (κ2) is 9.43. The van der Waals surface area contributed by atoms with Crippen molar-refractivity contribution >= 4 is 5.69 Å². The lowest BCUT2D eigenvalue weighted by atomic mass is 10.2. The minimum Gasteiger partial charge on any atom is -0.385 e. The monoisotopic (exact) mass is 268 g/mol. The third-order valence-corrected chi connectivity index (χ3v) is 2.51. The van der Waals surface area contributed by atoms with Crippen LogP contribution in [0.3, 0.4) is 0 Å². The molecule has 0 fully saturated rings. The van der Waals surface area contributed by atoms with Crippen molar-refractivity contribution in [1.82, 2.24) is 5.32 Å². The number of nitro groups is 1. The summed E-state index contributed by atoms with van der Waals surface area (Å²) < 4.78 is 10.3. The van der Waals surface area contributed by atoms with Crippen LogP contribution in [0.15, 0.2) is 24.3 Å². The van der Waals surface area contributed by atoms with Gasteiger partial charge in [0.2, 0.25) is 0 Å². The van der Waals surface area contributed by atoms with Crippen LogP contribution in [-0.4, -0.2) is 38.4 Å². The Morgan fingerprint density at radius 3 is 2.89 bits per heavy atom. The number of ether oxygens (including phenoxy) is 2. The molecule has 106 valence electrons. The summed E-state index contributed by atoms with van der Waals surface area (Å²) >= 11 is 0. The minimum absolute atomic E-state index is 0.120. The van der Waals surface area contributed by atoms with Gasteiger partial charge in [-0.05, 0) is 12.0 Å². The molecule has 0 saturated heterocycles. The zero-order valence-electron chi connectivity index (χ0n) is 11.1. The van der Waals surface area contributed by atoms with Crippen LogP contribution in [0.4, 0.5) is 5.69 Å². The molecule has 0 bridgehead atoms. The number of hydrogen-bond donors (Lipinski definition) is 1. The van der Waals surface area contributed by atoms with Gasteiger partial charge in [0.1, 0.15) is 0 Å². The first-order chi connectivity index (χ1) is 9.24. The SMILES string of the molecule is COCCCOCCNCc1cccc([N+](=O)[O-])c1. The van der Waals surface area contributed by atoms with Gasteiger partial charge in [-0.1, -0.05) is 12.1 Å². The summed E-state index contributed by atoms with van der Waals surface area (Å²) in [6.45, 7) is 3.34. The van der Waals surface area contributed by atoms with E-state index in [-0.39, 0.29) is 10.6 Å². The quantitative estimate of drug-likeness (QED) is 0.397. The minimum atomic E-state index is -0.386. The summed E-state index contributed by atoms with van der Waals surface area (Å²) in [5, 5.41) is 13.8. The predicted octanol–water partition coefficient (Wildman–Crippen LogP) is 1.74. The van der Waals surface area contributed by atoms with Crippen molar-refractivity contribution in [3.05, 3.63) is 39.9 Å². The molecule has 1 rings (SSSR count). The normalized spacial score (nSPS) is 10.6. The Balaban J connectivity index is 2.12. The van der Waals surface area contributed by atoms with Gasteiger partial charge in [0.15, 0.2) is 0 Å². The molecule has 0 heterocycles. The molecule has 0 aliphatic carbocycles. The van der Waals surface area contributed by atoms with Crippen LogP contribution >= 0.6 is 0 Å². The van der Waals surface area contributed by atoms with Crippen LogP contribution in [0.2, 0.25) is 0 Å². The fourth-order valence-corrected chi connectivity index (χ4v) is 1.56. The first-order valence-corrected chi connectivity index (χ1v) is 6.25. The van der Waals surface area contributed by atoms with Crippen LogP contribution in [0.1, 0.15) is 12.0 Å². The lowest BCUT2D eigenvalue weighted by Crippen LogP contribution is -2.19. The van der Waals surface area contributed by atoms with Crippen molar-refractivity contribution in [1.29, 1.82) is 0 Å². The number of nitrogens with zero attached hydrogens (tertiary/aromatic N) is 1. The van der Waals surface area contributed by atoms with E-state index in [1.54, 1.807) is 19.2 Å². The summed E-state index contributed by atoms with van der Waals surface area (Å²) in [5.41, 5.74) is 1.02. The number of benzene rings is 1. The standard InChI is InChI=1S/C13H20N2O4/c1-18-7-3-8-19-9-6-14-11-12-4-2-5-13(10-12)15(16)17/h2,4-5,10,14H,3,6-9,11H2,1H3. The molecular weight excluding hydrogens is 248 g/mol. The Kier molecular flexibility index (Phi) is 7.72. The molecule has 0 aromatic heterocycles. The van der Waals surface area contributed by atoms with E-state index in [0.717, 1.165) is 18.5 Å². The Labute approximate surface area is 112 Å². The van der Waals surface area contributed by atoms with Gasteiger partial charge < -0.3 is 14.8 Å². The highest BCUT2D eigenvalue weighted by Crippen LogP contribution is 2.12. The fourth-order valence-electron chi connectivity index (χ4n) is 1.56. The van der Waals surface area contributed by atoms with Crippen LogP contribution in [0.5, 0.6) is 0 Å². The molecule has 0 saturated carbocycles. The first-order valence-electron chi connectivity index (χ1n) is 6.25. The summed E-state index contributed by atoms with van der Waals surface area (Å²) in [6, 6.07) is 6.62. The Morgan fingerprint density at radius 2 is 2.16 bits per heavy atom. The summed E-state index contributed by atoms with van der Waals surface area (Å²) in [5.74, 6) is 0. The first kappa shape index (κ1) is 15.6. The Morgan fingerprint density at radius 1 is 1.32 bits per heavy atom. The third kappa shape index (κ3) is 6.85. The molecule has 0 aliphatic rings. The molecule has 6 nitrogen and oxygen atoms in total. The predicted molar refractivity (Wildman–Crippen MR) is 72.1 cm³/mol. The molecule has 1 N–H and O–H groups in total. The van der Waals surface area contributed by atoms with Gasteiger partial charge in [0.25, 0.3) is 5.69 Å². The smallest absolute Gasteiger partial charge is 0.269 e. The van der Waals surface area contributed by atoms with E-state index in [9.17, 15) is 10.1 Å². The van der Waals surface area contributed by atoms with Gasteiger partial charge in [-0.25, -0.2) is 0 Å². The van der Waals surface area contributed by atoms with Gasteiger partial charge in [0, 0.05) is 45.5 Å². The van der Waals surface area contributed by atoms with Crippen molar-refractivity contribution < 1.29 is 14.4 Å². The van der Waals surface area contributed by atoms with Gasteiger partial charge in [-0.2, -0.15) is 0 Å². The number of nitro benzene ring substituents is 1. The molecule has 0 radical (unpaired) electrons. The molecule has 0 aliphatic heterocycles. The largest absolute Gasteiger partial charge is 0.385 e. The highest BCUT2D eigenvalue weighted by atomic mass is 16.6. The number of nitrogens with one attached hydrogen (secondary N) is 1. The molecular formula is C13H20N2O4. The Hall–Kier alpha value is -1.50. The summed E-state index contributed by atoms with van der Waals surface area (Å²) in [4.78, 5) is 10.2. The van der Waals surface area contributed by atoms with E-state index in [1.807, 2.05) is 6.07 Å². The highest BCUT2D eigenvalue weighted by molar-refractivity contribution is 5.34. The Bertz CT molecular complexity index is 385. The molecule has 19 heavy (non-hydrogen) atoms. The summed E-state index contributed by atoms with van der Waals surface area (Å²) in [6.07, 6.45) is 0.890. The maximum Gasteiger partial charge on any atom is 0.269 e. The topological polar surface area (TPSA) is 73.6 Å². The van der Waals surface area contributed by atoms with Crippen LogP contribution in [-0.2, 0) is 16.0 Å². The third-order valence-electron chi connectivity index (χ3n) is 2.51. The van der Waals surface area contributed by atoms with Crippen molar-refractivity contribution in [3.8, 4) is 0 Å². The van der Waals surface area contributed by atoms with E-state index in [0.29, 0.717) is 26.4 Å². The molecule has 0 spiro atoms. The fraction of sp³-hybridized carbons (Fsp3) is 0.538. The maximum absolute atomic E-state index is 10.6. The number of hydrogen-bond acceptors (Lipinski definition) is 5. The van der Waals surface area contributed by atoms with Gasteiger partial charge in [0.05, 0.1) is 11.5 Å². The van der Waals surface area contributed by atoms with Crippen molar-refractivity contribution in [2.24, 2.45) is 0 Å². The maximum atomic E-state index is 10.6. The zero-order valence-corrected chi connectivity index (χ0v) is 11.1. The van der Waals surface area contributed by atoms with Crippen LogP contribution in [0.25, 0.3) is 0 Å². The molecule has 1 aromatic carbocycles. The van der Waals surface area contributed by atoms with E-state index < -0.39 is 0 Å². The lowest BCUT2D eigenvalue weighted by Gasteiger charge is -2.06. The van der Waals surface area contributed by atoms with Crippen molar-refractivity contribution in [2.45, 2.75) is 13.0 Å². The molecule has 1 aromatic rings. The van der Waals surface area contributed by atoms with Gasteiger partial charge in [-0.15, -0.1) is 0 Å². The average molecular weight is 268 g/mol. The summed E-state index contributed by atoms with van der Waals surface area (Å²) in [7, 11) is 1.67. The van der Waals surface area contributed by atoms with E-state index in [4.69, 9.17) is 9.47 Å². The average Bonchev–Trinajstić information content (AvgIpc) is 2.42. The van der Waals surface area contributed by atoms with E-state index in [1.165, 1.54) is 6.07 Å². The second-order valence-corrected chi connectivity index (χ2v) is 4.06. The molecule has 0 amide bonds.